The Morgan fingerprint density at radius 2 is 1.65 bits per heavy atom. The normalized spacial score (nSPS) is 14.9. The third-order valence-corrected chi connectivity index (χ3v) is 3.15. The molecular formula is C16H28O4. The quantitative estimate of drug-likeness (QED) is 0.292. The molecule has 2 atom stereocenters. The van der Waals surface area contributed by atoms with Crippen molar-refractivity contribution in [2.75, 3.05) is 0 Å². The minimum Gasteiger partial charge on any atom is -0.478 e. The van der Waals surface area contributed by atoms with Crippen LogP contribution in [-0.4, -0.2) is 33.5 Å². The molecule has 0 aromatic rings. The van der Waals surface area contributed by atoms with E-state index in [1.165, 1.54) is 18.9 Å². The highest BCUT2D eigenvalue weighted by Crippen LogP contribution is 2.12. The van der Waals surface area contributed by atoms with E-state index in [1.807, 2.05) is 6.08 Å². The Morgan fingerprint density at radius 1 is 1.00 bits per heavy atom. The molecule has 0 spiro atoms. The SMILES string of the molecule is CCCCCCC(O)C(O)CCCC=CC=CC(=O)O. The Morgan fingerprint density at radius 3 is 2.25 bits per heavy atom. The number of unbranched alkanes of at least 4 members (excludes halogenated alkanes) is 4. The lowest BCUT2D eigenvalue weighted by Crippen LogP contribution is -2.25. The Bertz CT molecular complexity index is 297. The molecular weight excluding hydrogens is 256 g/mol. The van der Waals surface area contributed by atoms with Gasteiger partial charge in [-0.3, -0.25) is 0 Å². The number of carboxylic acids is 1. The number of rotatable bonds is 12. The number of hydrogen-bond acceptors (Lipinski definition) is 3. The molecule has 0 fully saturated rings. The summed E-state index contributed by atoms with van der Waals surface area (Å²) >= 11 is 0. The van der Waals surface area contributed by atoms with E-state index < -0.39 is 18.2 Å². The van der Waals surface area contributed by atoms with E-state index in [9.17, 15) is 15.0 Å². The van der Waals surface area contributed by atoms with Crippen molar-refractivity contribution in [3.8, 4) is 0 Å². The summed E-state index contributed by atoms with van der Waals surface area (Å²) in [5.74, 6) is -0.962. The topological polar surface area (TPSA) is 77.8 Å². The van der Waals surface area contributed by atoms with Gasteiger partial charge in [-0.15, -0.1) is 0 Å². The van der Waals surface area contributed by atoms with Crippen molar-refractivity contribution in [1.29, 1.82) is 0 Å². The lowest BCUT2D eigenvalue weighted by molar-refractivity contribution is -0.131. The number of carboxylic acid groups (broad SMARTS) is 1. The van der Waals surface area contributed by atoms with Crippen LogP contribution in [0.3, 0.4) is 0 Å². The number of hydrogen-bond donors (Lipinski definition) is 3. The molecule has 4 heteroatoms. The third kappa shape index (κ3) is 11.9. The standard InChI is InChI=1S/C16H28O4/c1-2-3-4-8-11-14(17)15(18)12-9-6-5-7-10-13-16(19)20/h5,7,10,13-15,17-18H,2-4,6,8-9,11-12H2,1H3,(H,19,20). The van der Waals surface area contributed by atoms with E-state index >= 15 is 0 Å². The molecule has 0 aliphatic rings. The van der Waals surface area contributed by atoms with Crippen LogP contribution in [-0.2, 0) is 4.79 Å². The van der Waals surface area contributed by atoms with E-state index in [0.29, 0.717) is 12.8 Å². The zero-order chi connectivity index (χ0) is 15.2. The van der Waals surface area contributed by atoms with Crippen molar-refractivity contribution in [2.45, 2.75) is 70.5 Å². The summed E-state index contributed by atoms with van der Waals surface area (Å²) in [6.45, 7) is 2.14. The summed E-state index contributed by atoms with van der Waals surface area (Å²) in [4.78, 5) is 10.2. The maximum atomic E-state index is 10.2. The van der Waals surface area contributed by atoms with E-state index in [1.54, 1.807) is 6.08 Å². The highest BCUT2D eigenvalue weighted by Gasteiger charge is 2.14. The Labute approximate surface area is 121 Å². The zero-order valence-corrected chi connectivity index (χ0v) is 12.4. The largest absolute Gasteiger partial charge is 0.478 e. The molecule has 0 saturated carbocycles. The number of aliphatic hydroxyl groups is 2. The molecule has 0 aromatic carbocycles. The van der Waals surface area contributed by atoms with Gasteiger partial charge in [-0.1, -0.05) is 50.8 Å². The molecule has 0 bridgehead atoms. The molecule has 2 unspecified atom stereocenters. The number of aliphatic carboxylic acids is 1. The van der Waals surface area contributed by atoms with Crippen LogP contribution < -0.4 is 0 Å². The molecule has 0 aromatic heterocycles. The molecule has 116 valence electrons. The van der Waals surface area contributed by atoms with Crippen LogP contribution in [0, 0.1) is 0 Å². The van der Waals surface area contributed by atoms with Crippen LogP contribution in [0.1, 0.15) is 58.3 Å². The first kappa shape index (κ1) is 18.9. The van der Waals surface area contributed by atoms with Crippen LogP contribution in [0.15, 0.2) is 24.3 Å². The molecule has 0 aliphatic carbocycles. The molecule has 0 heterocycles. The van der Waals surface area contributed by atoms with Crippen LogP contribution in [0.5, 0.6) is 0 Å². The Hall–Kier alpha value is -1.13. The number of aliphatic hydroxyl groups excluding tert-OH is 2. The molecule has 0 saturated heterocycles. The van der Waals surface area contributed by atoms with Gasteiger partial charge in [-0.25, -0.2) is 4.79 Å². The fraction of sp³-hybridized carbons (Fsp3) is 0.688. The van der Waals surface area contributed by atoms with Crippen molar-refractivity contribution in [2.24, 2.45) is 0 Å². The summed E-state index contributed by atoms with van der Waals surface area (Å²) in [5.41, 5.74) is 0. The smallest absolute Gasteiger partial charge is 0.328 e. The molecule has 20 heavy (non-hydrogen) atoms. The first-order valence-corrected chi connectivity index (χ1v) is 7.50. The van der Waals surface area contributed by atoms with Crippen molar-refractivity contribution in [1.82, 2.24) is 0 Å². The summed E-state index contributed by atoms with van der Waals surface area (Å²) in [5, 5.41) is 27.9. The Kier molecular flexibility index (Phi) is 12.2. The van der Waals surface area contributed by atoms with Crippen LogP contribution in [0.4, 0.5) is 0 Å². The molecule has 4 nitrogen and oxygen atoms in total. The summed E-state index contributed by atoms with van der Waals surface area (Å²) in [6, 6.07) is 0. The predicted molar refractivity (Wildman–Crippen MR) is 80.5 cm³/mol. The average Bonchev–Trinajstić information content (AvgIpc) is 2.41. The van der Waals surface area contributed by atoms with Gasteiger partial charge in [0.25, 0.3) is 0 Å². The zero-order valence-electron chi connectivity index (χ0n) is 12.4. The number of allylic oxidation sites excluding steroid dienone is 3. The van der Waals surface area contributed by atoms with Crippen molar-refractivity contribution < 1.29 is 20.1 Å². The summed E-state index contributed by atoms with van der Waals surface area (Å²) in [6.07, 6.45) is 12.0. The van der Waals surface area contributed by atoms with E-state index in [0.717, 1.165) is 31.8 Å². The average molecular weight is 284 g/mol. The van der Waals surface area contributed by atoms with Gasteiger partial charge in [0.15, 0.2) is 0 Å². The molecule has 0 aliphatic heterocycles. The van der Waals surface area contributed by atoms with Gasteiger partial charge in [0.1, 0.15) is 0 Å². The fourth-order valence-electron chi connectivity index (χ4n) is 1.92. The lowest BCUT2D eigenvalue weighted by Gasteiger charge is -2.17. The lowest BCUT2D eigenvalue weighted by atomic mass is 10.0. The van der Waals surface area contributed by atoms with Crippen LogP contribution in [0.25, 0.3) is 0 Å². The molecule has 0 amide bonds. The minimum atomic E-state index is -0.962. The molecule has 3 N–H and O–H groups in total. The first-order chi connectivity index (χ1) is 9.57. The van der Waals surface area contributed by atoms with Gasteiger partial charge < -0.3 is 15.3 Å². The second kappa shape index (κ2) is 12.9. The van der Waals surface area contributed by atoms with Gasteiger partial charge >= 0.3 is 5.97 Å². The second-order valence-corrected chi connectivity index (χ2v) is 5.04. The van der Waals surface area contributed by atoms with Crippen molar-refractivity contribution in [3.63, 3.8) is 0 Å². The predicted octanol–water partition coefficient (Wildman–Crippen LogP) is 3.05. The highest BCUT2D eigenvalue weighted by molar-refractivity contribution is 5.80. The maximum absolute atomic E-state index is 10.2. The highest BCUT2D eigenvalue weighted by atomic mass is 16.4. The fourth-order valence-corrected chi connectivity index (χ4v) is 1.92. The van der Waals surface area contributed by atoms with Crippen molar-refractivity contribution >= 4 is 5.97 Å². The first-order valence-electron chi connectivity index (χ1n) is 7.50. The van der Waals surface area contributed by atoms with E-state index in [4.69, 9.17) is 5.11 Å². The minimum absolute atomic E-state index is 0.571. The van der Waals surface area contributed by atoms with Crippen LogP contribution >= 0.6 is 0 Å². The summed E-state index contributed by atoms with van der Waals surface area (Å²) in [7, 11) is 0. The van der Waals surface area contributed by atoms with Gasteiger partial charge in [-0.05, 0) is 25.7 Å². The van der Waals surface area contributed by atoms with Gasteiger partial charge in [0.05, 0.1) is 12.2 Å². The monoisotopic (exact) mass is 284 g/mol. The van der Waals surface area contributed by atoms with Crippen molar-refractivity contribution in [3.05, 3.63) is 24.3 Å². The molecule has 0 rings (SSSR count). The second-order valence-electron chi connectivity index (χ2n) is 5.04. The van der Waals surface area contributed by atoms with Crippen LogP contribution in [0.2, 0.25) is 0 Å². The van der Waals surface area contributed by atoms with Gasteiger partial charge in [0.2, 0.25) is 0 Å². The van der Waals surface area contributed by atoms with Gasteiger partial charge in [0, 0.05) is 6.08 Å². The summed E-state index contributed by atoms with van der Waals surface area (Å²) < 4.78 is 0. The molecule has 0 radical (unpaired) electrons. The number of carbonyl (C=O) groups is 1. The van der Waals surface area contributed by atoms with Gasteiger partial charge in [-0.2, -0.15) is 0 Å². The van der Waals surface area contributed by atoms with E-state index in [-0.39, 0.29) is 0 Å². The maximum Gasteiger partial charge on any atom is 0.328 e. The Balaban J connectivity index is 3.60. The van der Waals surface area contributed by atoms with E-state index in [2.05, 4.69) is 6.92 Å². The third-order valence-electron chi connectivity index (χ3n) is 3.15.